The number of aryl methyl sites for hydroxylation is 2. The van der Waals surface area contributed by atoms with Gasteiger partial charge in [-0.25, -0.2) is 0 Å². The van der Waals surface area contributed by atoms with Crippen molar-refractivity contribution in [2.24, 2.45) is 0 Å². The second-order valence-corrected chi connectivity index (χ2v) is 3.93. The Morgan fingerprint density at radius 2 is 2.12 bits per heavy atom. The number of aromatic nitrogens is 2. The van der Waals surface area contributed by atoms with E-state index in [2.05, 4.69) is 5.10 Å². The number of benzene rings is 1. The van der Waals surface area contributed by atoms with E-state index in [1.807, 2.05) is 38.1 Å². The van der Waals surface area contributed by atoms with Gasteiger partial charge >= 0.3 is 0 Å². The van der Waals surface area contributed by atoms with Crippen molar-refractivity contribution < 1.29 is 4.79 Å². The molecule has 0 saturated heterocycles. The summed E-state index contributed by atoms with van der Waals surface area (Å²) >= 11 is 0. The second-order valence-electron chi connectivity index (χ2n) is 3.93. The van der Waals surface area contributed by atoms with Gasteiger partial charge in [0.2, 0.25) is 0 Å². The number of rotatable bonds is 3. The molecule has 1 aromatic carbocycles. The van der Waals surface area contributed by atoms with Gasteiger partial charge in [0.25, 0.3) is 0 Å². The number of Topliss-reactive ketones (excluding diaryl/α,β-unsaturated/α-hetero) is 1. The second kappa shape index (κ2) is 4.31. The van der Waals surface area contributed by atoms with Crippen molar-refractivity contribution in [2.75, 3.05) is 0 Å². The molecule has 0 aliphatic rings. The highest BCUT2D eigenvalue weighted by Gasteiger charge is 2.07. The molecule has 2 aromatic rings. The summed E-state index contributed by atoms with van der Waals surface area (Å²) < 4.78 is 1.64. The van der Waals surface area contributed by atoms with Crippen molar-refractivity contribution in [3.63, 3.8) is 0 Å². The lowest BCUT2D eigenvalue weighted by molar-refractivity contribution is 0.0967. The van der Waals surface area contributed by atoms with Gasteiger partial charge in [-0.1, -0.05) is 12.1 Å². The predicted molar refractivity (Wildman–Crippen MR) is 62.5 cm³/mol. The fraction of sp³-hybridized carbons (Fsp3) is 0.231. The highest BCUT2D eigenvalue weighted by Crippen LogP contribution is 2.10. The van der Waals surface area contributed by atoms with Crippen LogP contribution in [0.15, 0.2) is 36.7 Å². The Kier molecular flexibility index (Phi) is 2.86. The fourth-order valence-electron chi connectivity index (χ4n) is 1.55. The Hall–Kier alpha value is -1.90. The smallest absolute Gasteiger partial charge is 0.184 e. The van der Waals surface area contributed by atoms with Gasteiger partial charge in [-0.3, -0.25) is 9.48 Å². The van der Waals surface area contributed by atoms with Gasteiger partial charge < -0.3 is 0 Å². The molecule has 1 heterocycles. The van der Waals surface area contributed by atoms with E-state index in [9.17, 15) is 4.79 Å². The molecule has 1 aromatic heterocycles. The summed E-state index contributed by atoms with van der Waals surface area (Å²) in [6.07, 6.45) is 3.46. The van der Waals surface area contributed by atoms with Gasteiger partial charge in [0.15, 0.2) is 5.78 Å². The Labute approximate surface area is 94.7 Å². The topological polar surface area (TPSA) is 34.9 Å². The van der Waals surface area contributed by atoms with E-state index < -0.39 is 0 Å². The summed E-state index contributed by atoms with van der Waals surface area (Å²) in [7, 11) is 0. The molecule has 0 aliphatic heterocycles. The van der Waals surface area contributed by atoms with Crippen LogP contribution in [0.5, 0.6) is 0 Å². The van der Waals surface area contributed by atoms with E-state index in [-0.39, 0.29) is 5.78 Å². The standard InChI is InChI=1S/C13H14N2O/c1-10-4-5-12(8-11(10)2)13(16)9-15-7-3-6-14-15/h3-8H,9H2,1-2H3. The first-order chi connectivity index (χ1) is 7.66. The Balaban J connectivity index is 2.18. The van der Waals surface area contributed by atoms with Crippen molar-refractivity contribution in [3.8, 4) is 0 Å². The van der Waals surface area contributed by atoms with Crippen molar-refractivity contribution >= 4 is 5.78 Å². The highest BCUT2D eigenvalue weighted by molar-refractivity contribution is 5.96. The number of ketones is 1. The largest absolute Gasteiger partial charge is 0.292 e. The minimum absolute atomic E-state index is 0.0896. The summed E-state index contributed by atoms with van der Waals surface area (Å²) in [5.74, 6) is 0.0896. The molecule has 82 valence electrons. The highest BCUT2D eigenvalue weighted by atomic mass is 16.1. The lowest BCUT2D eigenvalue weighted by Gasteiger charge is -2.04. The van der Waals surface area contributed by atoms with Crippen molar-refractivity contribution in [1.82, 2.24) is 9.78 Å². The Bertz CT molecular complexity index is 501. The Morgan fingerprint density at radius 1 is 1.31 bits per heavy atom. The van der Waals surface area contributed by atoms with Crippen molar-refractivity contribution in [2.45, 2.75) is 20.4 Å². The zero-order chi connectivity index (χ0) is 11.5. The summed E-state index contributed by atoms with van der Waals surface area (Å²) in [4.78, 5) is 11.9. The molecular formula is C13H14N2O. The van der Waals surface area contributed by atoms with Crippen LogP contribution in [-0.4, -0.2) is 15.6 Å². The van der Waals surface area contributed by atoms with Crippen LogP contribution in [0.2, 0.25) is 0 Å². The maximum Gasteiger partial charge on any atom is 0.184 e. The minimum Gasteiger partial charge on any atom is -0.292 e. The quantitative estimate of drug-likeness (QED) is 0.735. The zero-order valence-corrected chi connectivity index (χ0v) is 9.47. The third kappa shape index (κ3) is 2.19. The molecule has 0 amide bonds. The van der Waals surface area contributed by atoms with Gasteiger partial charge in [0, 0.05) is 18.0 Å². The third-order valence-electron chi connectivity index (χ3n) is 2.69. The average molecular weight is 214 g/mol. The number of carbonyl (C=O) groups is 1. The first kappa shape index (κ1) is 10.6. The van der Waals surface area contributed by atoms with E-state index in [0.29, 0.717) is 6.54 Å². The van der Waals surface area contributed by atoms with Gasteiger partial charge in [0.05, 0.1) is 0 Å². The van der Waals surface area contributed by atoms with Crippen LogP contribution in [0, 0.1) is 13.8 Å². The van der Waals surface area contributed by atoms with E-state index >= 15 is 0 Å². The van der Waals surface area contributed by atoms with E-state index in [1.165, 1.54) is 5.56 Å². The van der Waals surface area contributed by atoms with Crippen molar-refractivity contribution in [1.29, 1.82) is 0 Å². The van der Waals surface area contributed by atoms with Crippen LogP contribution in [0.4, 0.5) is 0 Å². The number of nitrogens with zero attached hydrogens (tertiary/aromatic N) is 2. The molecule has 0 spiro atoms. The summed E-state index contributed by atoms with van der Waals surface area (Å²) in [5.41, 5.74) is 3.10. The number of hydrogen-bond donors (Lipinski definition) is 0. The summed E-state index contributed by atoms with van der Waals surface area (Å²) in [6, 6.07) is 7.59. The normalized spacial score (nSPS) is 10.4. The molecule has 0 radical (unpaired) electrons. The van der Waals surface area contributed by atoms with Gasteiger partial charge in [-0.15, -0.1) is 0 Å². The average Bonchev–Trinajstić information content (AvgIpc) is 2.74. The number of hydrogen-bond acceptors (Lipinski definition) is 2. The van der Waals surface area contributed by atoms with Crippen LogP contribution >= 0.6 is 0 Å². The fourth-order valence-corrected chi connectivity index (χ4v) is 1.55. The van der Waals surface area contributed by atoms with Gasteiger partial charge in [-0.05, 0) is 37.1 Å². The first-order valence-electron chi connectivity index (χ1n) is 5.25. The van der Waals surface area contributed by atoms with Crippen LogP contribution in [0.1, 0.15) is 21.5 Å². The molecule has 2 rings (SSSR count). The molecular weight excluding hydrogens is 200 g/mol. The third-order valence-corrected chi connectivity index (χ3v) is 2.69. The molecule has 0 N–H and O–H groups in total. The maximum absolute atomic E-state index is 11.9. The molecule has 0 unspecified atom stereocenters. The molecule has 16 heavy (non-hydrogen) atoms. The molecule has 0 atom stereocenters. The predicted octanol–water partition coefficient (Wildman–Crippen LogP) is 2.38. The minimum atomic E-state index is 0.0896. The Morgan fingerprint density at radius 3 is 2.75 bits per heavy atom. The van der Waals surface area contributed by atoms with Crippen LogP contribution < -0.4 is 0 Å². The maximum atomic E-state index is 11.9. The SMILES string of the molecule is Cc1ccc(C(=O)Cn2cccn2)cc1C. The van der Waals surface area contributed by atoms with Crippen LogP contribution in [0.3, 0.4) is 0 Å². The van der Waals surface area contributed by atoms with Crippen LogP contribution in [-0.2, 0) is 6.54 Å². The summed E-state index contributed by atoms with van der Waals surface area (Å²) in [6.45, 7) is 4.35. The molecule has 0 aliphatic carbocycles. The number of carbonyl (C=O) groups excluding carboxylic acids is 1. The lowest BCUT2D eigenvalue weighted by Crippen LogP contribution is -2.11. The molecule has 3 heteroatoms. The first-order valence-corrected chi connectivity index (χ1v) is 5.25. The van der Waals surface area contributed by atoms with Gasteiger partial charge in [-0.2, -0.15) is 5.10 Å². The van der Waals surface area contributed by atoms with E-state index in [4.69, 9.17) is 0 Å². The summed E-state index contributed by atoms with van der Waals surface area (Å²) in [5, 5.41) is 4.02. The monoisotopic (exact) mass is 214 g/mol. The molecule has 3 nitrogen and oxygen atoms in total. The molecule has 0 fully saturated rings. The van der Waals surface area contributed by atoms with Gasteiger partial charge in [0.1, 0.15) is 6.54 Å². The lowest BCUT2D eigenvalue weighted by atomic mass is 10.0. The van der Waals surface area contributed by atoms with E-state index in [0.717, 1.165) is 11.1 Å². The molecule has 0 saturated carbocycles. The van der Waals surface area contributed by atoms with Crippen molar-refractivity contribution in [3.05, 3.63) is 53.3 Å². The van der Waals surface area contributed by atoms with E-state index in [1.54, 1.807) is 17.1 Å². The van der Waals surface area contributed by atoms with Crippen LogP contribution in [0.25, 0.3) is 0 Å². The molecule has 0 bridgehead atoms. The zero-order valence-electron chi connectivity index (χ0n) is 9.47.